The van der Waals surface area contributed by atoms with Crippen LogP contribution >= 0.6 is 23.2 Å². The summed E-state index contributed by atoms with van der Waals surface area (Å²) in [6, 6.07) is 14.0. The maximum atomic E-state index is 11.6. The SMILES string of the molecule is NC(=O)C(NCc1ccccc1)c1cc(Cl)ccc1Cl. The van der Waals surface area contributed by atoms with E-state index >= 15 is 0 Å². The van der Waals surface area contributed by atoms with E-state index in [1.807, 2.05) is 30.3 Å². The Morgan fingerprint density at radius 2 is 1.85 bits per heavy atom. The lowest BCUT2D eigenvalue weighted by Gasteiger charge is -2.17. The highest BCUT2D eigenvalue weighted by molar-refractivity contribution is 6.33. The fourth-order valence-corrected chi connectivity index (χ4v) is 2.32. The quantitative estimate of drug-likeness (QED) is 0.890. The fraction of sp³-hybridized carbons (Fsp3) is 0.133. The van der Waals surface area contributed by atoms with Crippen molar-refractivity contribution in [2.75, 3.05) is 0 Å². The Hall–Kier alpha value is -1.55. The molecule has 0 heterocycles. The van der Waals surface area contributed by atoms with E-state index in [0.717, 1.165) is 5.56 Å². The van der Waals surface area contributed by atoms with Gasteiger partial charge in [-0.15, -0.1) is 0 Å². The van der Waals surface area contributed by atoms with Crippen LogP contribution in [-0.4, -0.2) is 5.91 Å². The van der Waals surface area contributed by atoms with E-state index in [0.29, 0.717) is 22.2 Å². The summed E-state index contributed by atoms with van der Waals surface area (Å²) in [6.07, 6.45) is 0. The van der Waals surface area contributed by atoms with Crippen LogP contribution in [0.2, 0.25) is 10.0 Å². The van der Waals surface area contributed by atoms with Gasteiger partial charge in [0.05, 0.1) is 0 Å². The molecule has 1 unspecified atom stereocenters. The van der Waals surface area contributed by atoms with Crippen LogP contribution in [0.5, 0.6) is 0 Å². The third-order valence-corrected chi connectivity index (χ3v) is 3.49. The van der Waals surface area contributed by atoms with Crippen LogP contribution in [0, 0.1) is 0 Å². The molecular formula is C15H14Cl2N2O. The maximum Gasteiger partial charge on any atom is 0.239 e. The molecule has 3 nitrogen and oxygen atoms in total. The molecule has 20 heavy (non-hydrogen) atoms. The van der Waals surface area contributed by atoms with Gasteiger partial charge in [0.1, 0.15) is 6.04 Å². The summed E-state index contributed by atoms with van der Waals surface area (Å²) in [4.78, 5) is 11.6. The number of carbonyl (C=O) groups excluding carboxylic acids is 1. The first kappa shape index (κ1) is 14.9. The lowest BCUT2D eigenvalue weighted by atomic mass is 10.1. The number of hydrogen-bond acceptors (Lipinski definition) is 2. The van der Waals surface area contributed by atoms with Crippen LogP contribution in [0.3, 0.4) is 0 Å². The number of nitrogens with one attached hydrogen (secondary N) is 1. The summed E-state index contributed by atoms with van der Waals surface area (Å²) in [5, 5.41) is 4.07. The lowest BCUT2D eigenvalue weighted by molar-refractivity contribution is -0.120. The lowest BCUT2D eigenvalue weighted by Crippen LogP contribution is -2.33. The number of hydrogen-bond donors (Lipinski definition) is 2. The highest BCUT2D eigenvalue weighted by Crippen LogP contribution is 2.26. The zero-order chi connectivity index (χ0) is 14.5. The molecule has 1 amide bonds. The van der Waals surface area contributed by atoms with Gasteiger partial charge < -0.3 is 5.73 Å². The van der Waals surface area contributed by atoms with Crippen LogP contribution in [0.1, 0.15) is 17.2 Å². The maximum absolute atomic E-state index is 11.6. The summed E-state index contributed by atoms with van der Waals surface area (Å²) in [5.74, 6) is -0.495. The molecule has 0 spiro atoms. The van der Waals surface area contributed by atoms with Crippen molar-refractivity contribution in [1.29, 1.82) is 0 Å². The summed E-state index contributed by atoms with van der Waals surface area (Å²) in [7, 11) is 0. The molecule has 0 saturated heterocycles. The zero-order valence-electron chi connectivity index (χ0n) is 10.6. The van der Waals surface area contributed by atoms with Crippen molar-refractivity contribution in [2.24, 2.45) is 5.73 Å². The Morgan fingerprint density at radius 1 is 1.15 bits per heavy atom. The minimum atomic E-state index is -0.679. The second kappa shape index (κ2) is 6.75. The number of amides is 1. The van der Waals surface area contributed by atoms with Gasteiger partial charge in [0, 0.05) is 16.6 Å². The van der Waals surface area contributed by atoms with Gasteiger partial charge in [0.25, 0.3) is 0 Å². The van der Waals surface area contributed by atoms with Crippen LogP contribution in [0.25, 0.3) is 0 Å². The van der Waals surface area contributed by atoms with Crippen LogP contribution < -0.4 is 11.1 Å². The minimum Gasteiger partial charge on any atom is -0.368 e. The van der Waals surface area contributed by atoms with Crippen LogP contribution in [0.15, 0.2) is 48.5 Å². The van der Waals surface area contributed by atoms with Gasteiger partial charge >= 0.3 is 0 Å². The largest absolute Gasteiger partial charge is 0.368 e. The number of primary amides is 1. The standard InChI is InChI=1S/C15H14Cl2N2O/c16-11-6-7-13(17)12(8-11)14(15(18)20)19-9-10-4-2-1-3-5-10/h1-8,14,19H,9H2,(H2,18,20). The topological polar surface area (TPSA) is 55.1 Å². The van der Waals surface area contributed by atoms with E-state index < -0.39 is 11.9 Å². The molecule has 2 aromatic rings. The number of benzene rings is 2. The van der Waals surface area contributed by atoms with Crippen LogP contribution in [-0.2, 0) is 11.3 Å². The average Bonchev–Trinajstić information content (AvgIpc) is 2.43. The van der Waals surface area contributed by atoms with Crippen molar-refractivity contribution < 1.29 is 4.79 Å². The Balaban J connectivity index is 2.19. The molecule has 0 bridgehead atoms. The highest BCUT2D eigenvalue weighted by atomic mass is 35.5. The van der Waals surface area contributed by atoms with Crippen molar-refractivity contribution >= 4 is 29.1 Å². The third-order valence-electron chi connectivity index (χ3n) is 2.91. The number of rotatable bonds is 5. The van der Waals surface area contributed by atoms with E-state index in [2.05, 4.69) is 5.32 Å². The molecule has 2 rings (SSSR count). The van der Waals surface area contributed by atoms with E-state index in [4.69, 9.17) is 28.9 Å². The fourth-order valence-electron chi connectivity index (χ4n) is 1.92. The molecule has 0 aliphatic carbocycles. The summed E-state index contributed by atoms with van der Waals surface area (Å²) < 4.78 is 0. The van der Waals surface area contributed by atoms with Gasteiger partial charge in [0.15, 0.2) is 0 Å². The molecule has 1 atom stereocenters. The second-order valence-corrected chi connectivity index (χ2v) is 5.21. The summed E-state index contributed by atoms with van der Waals surface area (Å²) in [6.45, 7) is 0.511. The Bertz CT molecular complexity index is 602. The van der Waals surface area contributed by atoms with Crippen molar-refractivity contribution in [1.82, 2.24) is 5.32 Å². The van der Waals surface area contributed by atoms with Gasteiger partial charge in [-0.2, -0.15) is 0 Å². The van der Waals surface area contributed by atoms with E-state index in [1.165, 1.54) is 0 Å². The predicted molar refractivity (Wildman–Crippen MR) is 81.7 cm³/mol. The predicted octanol–water partition coefficient (Wildman–Crippen LogP) is 3.31. The molecule has 0 aliphatic heterocycles. The third kappa shape index (κ3) is 3.73. The summed E-state index contributed by atoms with van der Waals surface area (Å²) >= 11 is 12.1. The molecule has 0 radical (unpaired) electrons. The van der Waals surface area contributed by atoms with E-state index in [9.17, 15) is 4.79 Å². The second-order valence-electron chi connectivity index (χ2n) is 4.37. The van der Waals surface area contributed by atoms with Crippen molar-refractivity contribution in [3.05, 3.63) is 69.7 Å². The van der Waals surface area contributed by atoms with E-state index in [1.54, 1.807) is 18.2 Å². The molecule has 0 fully saturated rings. The van der Waals surface area contributed by atoms with Crippen LogP contribution in [0.4, 0.5) is 0 Å². The molecule has 2 aromatic carbocycles. The number of nitrogens with two attached hydrogens (primary N) is 1. The minimum absolute atomic E-state index is 0.457. The van der Waals surface area contributed by atoms with Crippen molar-refractivity contribution in [3.8, 4) is 0 Å². The average molecular weight is 309 g/mol. The first-order valence-corrected chi connectivity index (χ1v) is 6.85. The molecule has 104 valence electrons. The zero-order valence-corrected chi connectivity index (χ0v) is 12.2. The molecular weight excluding hydrogens is 295 g/mol. The Labute approximate surface area is 127 Å². The molecule has 3 N–H and O–H groups in total. The first-order chi connectivity index (χ1) is 9.58. The van der Waals surface area contributed by atoms with Crippen molar-refractivity contribution in [2.45, 2.75) is 12.6 Å². The monoisotopic (exact) mass is 308 g/mol. The number of carbonyl (C=O) groups is 1. The van der Waals surface area contributed by atoms with E-state index in [-0.39, 0.29) is 0 Å². The smallest absolute Gasteiger partial charge is 0.239 e. The molecule has 0 saturated carbocycles. The molecule has 0 aliphatic rings. The van der Waals surface area contributed by atoms with Gasteiger partial charge in [-0.25, -0.2) is 0 Å². The summed E-state index contributed by atoms with van der Waals surface area (Å²) in [5.41, 5.74) is 7.09. The number of halogens is 2. The van der Waals surface area contributed by atoms with Gasteiger partial charge in [-0.05, 0) is 29.3 Å². The highest BCUT2D eigenvalue weighted by Gasteiger charge is 2.20. The Morgan fingerprint density at radius 3 is 2.50 bits per heavy atom. The van der Waals surface area contributed by atoms with Gasteiger partial charge in [-0.3, -0.25) is 10.1 Å². The first-order valence-electron chi connectivity index (χ1n) is 6.09. The Kier molecular flexibility index (Phi) is 5.01. The van der Waals surface area contributed by atoms with Gasteiger partial charge in [0.2, 0.25) is 5.91 Å². The molecule has 0 aromatic heterocycles. The molecule has 5 heteroatoms. The normalized spacial score (nSPS) is 12.1. The van der Waals surface area contributed by atoms with Gasteiger partial charge in [-0.1, -0.05) is 53.5 Å². The van der Waals surface area contributed by atoms with Crippen molar-refractivity contribution in [3.63, 3.8) is 0 Å².